The van der Waals surface area contributed by atoms with E-state index in [0.29, 0.717) is 28.7 Å². The van der Waals surface area contributed by atoms with E-state index in [2.05, 4.69) is 26.8 Å². The number of carbonyl (C=O) groups excluding carboxylic acids is 2. The average molecular weight is 503 g/mol. The quantitative estimate of drug-likeness (QED) is 0.222. The molecular weight excluding hydrogens is 480 g/mol. The molecule has 3 rings (SSSR count). The Balaban J connectivity index is 1.53. The molecule has 1 N–H and O–H groups in total. The summed E-state index contributed by atoms with van der Waals surface area (Å²) in [6.07, 6.45) is 1.78. The van der Waals surface area contributed by atoms with Crippen LogP contribution in [0.1, 0.15) is 21.7 Å². The first-order valence-corrected chi connectivity index (χ1v) is 12.5. The van der Waals surface area contributed by atoms with Gasteiger partial charge in [0.25, 0.3) is 0 Å². The lowest BCUT2D eigenvalue weighted by Crippen LogP contribution is -2.15. The van der Waals surface area contributed by atoms with Crippen LogP contribution < -0.4 is 5.32 Å². The minimum atomic E-state index is -0.424. The molecule has 1 heterocycles. The Hall–Kier alpha value is -2.75. The highest BCUT2D eigenvalue weighted by atomic mass is 35.5. The molecule has 7 nitrogen and oxygen atoms in total. The van der Waals surface area contributed by atoms with Gasteiger partial charge in [-0.3, -0.25) is 4.79 Å². The number of halogens is 1. The summed E-state index contributed by atoms with van der Waals surface area (Å²) in [7, 11) is 1.32. The minimum absolute atomic E-state index is 0.173. The third-order valence-corrected chi connectivity index (χ3v) is 6.66. The molecule has 0 atom stereocenters. The Kier molecular flexibility index (Phi) is 9.41. The summed E-state index contributed by atoms with van der Waals surface area (Å²) in [6.45, 7) is 4.37. The topological polar surface area (TPSA) is 86.1 Å². The third-order valence-electron chi connectivity index (χ3n) is 4.44. The number of nitrogens with one attached hydrogen (secondary N) is 1. The number of nitrogens with zero attached hydrogens (tertiary/aromatic N) is 3. The van der Waals surface area contributed by atoms with E-state index in [-0.39, 0.29) is 11.7 Å². The normalized spacial score (nSPS) is 10.6. The summed E-state index contributed by atoms with van der Waals surface area (Å²) < 4.78 is 6.63. The highest BCUT2D eigenvalue weighted by Crippen LogP contribution is 2.23. The molecule has 0 saturated heterocycles. The zero-order valence-electron chi connectivity index (χ0n) is 18.0. The lowest BCUT2D eigenvalue weighted by Gasteiger charge is -2.08. The van der Waals surface area contributed by atoms with E-state index in [0.717, 1.165) is 16.6 Å². The van der Waals surface area contributed by atoms with Gasteiger partial charge in [-0.1, -0.05) is 41.6 Å². The molecule has 0 unspecified atom stereocenters. The smallest absolute Gasteiger partial charge is 0.337 e. The lowest BCUT2D eigenvalue weighted by molar-refractivity contribution is -0.113. The minimum Gasteiger partial charge on any atom is -0.465 e. The van der Waals surface area contributed by atoms with Gasteiger partial charge in [-0.15, -0.1) is 28.5 Å². The summed E-state index contributed by atoms with van der Waals surface area (Å²) >= 11 is 8.97. The fourth-order valence-corrected chi connectivity index (χ4v) is 4.64. The Bertz CT molecular complexity index is 1100. The number of ether oxygens (including phenoxy) is 1. The zero-order chi connectivity index (χ0) is 23.6. The van der Waals surface area contributed by atoms with Gasteiger partial charge in [-0.05, 0) is 42.0 Å². The number of allylic oxidation sites excluding steroid dienone is 1. The second-order valence-corrected chi connectivity index (χ2v) is 9.19. The summed E-state index contributed by atoms with van der Waals surface area (Å²) in [5, 5.41) is 12.7. The van der Waals surface area contributed by atoms with Crippen molar-refractivity contribution >= 4 is 52.7 Å². The third kappa shape index (κ3) is 7.38. The van der Waals surface area contributed by atoms with E-state index in [1.807, 2.05) is 28.8 Å². The molecule has 2 aromatic carbocycles. The fourth-order valence-electron chi connectivity index (χ4n) is 2.82. The maximum atomic E-state index is 12.4. The summed E-state index contributed by atoms with van der Waals surface area (Å²) in [5.41, 5.74) is 2.20. The maximum Gasteiger partial charge on any atom is 0.337 e. The van der Waals surface area contributed by atoms with Crippen molar-refractivity contribution in [3.8, 4) is 0 Å². The van der Waals surface area contributed by atoms with Crippen LogP contribution in [-0.2, 0) is 27.6 Å². The van der Waals surface area contributed by atoms with E-state index in [1.165, 1.54) is 24.4 Å². The van der Waals surface area contributed by atoms with Crippen LogP contribution in [0.4, 0.5) is 5.69 Å². The summed E-state index contributed by atoms with van der Waals surface area (Å²) in [5.74, 6) is 1.91. The Labute approximate surface area is 206 Å². The predicted octanol–water partition coefficient (Wildman–Crippen LogP) is 5.07. The average Bonchev–Trinajstić information content (AvgIpc) is 3.20. The Morgan fingerprint density at radius 2 is 1.85 bits per heavy atom. The summed E-state index contributed by atoms with van der Waals surface area (Å²) in [4.78, 5) is 23.9. The van der Waals surface area contributed by atoms with E-state index in [1.54, 1.807) is 42.1 Å². The molecular formula is C23H23ClN4O3S2. The van der Waals surface area contributed by atoms with Crippen molar-refractivity contribution < 1.29 is 14.3 Å². The van der Waals surface area contributed by atoms with Crippen LogP contribution in [-0.4, -0.2) is 39.5 Å². The van der Waals surface area contributed by atoms with Crippen molar-refractivity contribution in [1.82, 2.24) is 14.8 Å². The molecule has 3 aromatic rings. The van der Waals surface area contributed by atoms with Gasteiger partial charge in [-0.25, -0.2) is 4.79 Å². The second-order valence-electron chi connectivity index (χ2n) is 6.82. The molecule has 0 aliphatic carbocycles. The van der Waals surface area contributed by atoms with Gasteiger partial charge in [0.15, 0.2) is 5.16 Å². The zero-order valence-corrected chi connectivity index (χ0v) is 20.4. The van der Waals surface area contributed by atoms with Crippen molar-refractivity contribution in [3.63, 3.8) is 0 Å². The SMILES string of the molecule is C=CCn1c(CSCc2ccc(Cl)cc2)nnc1SCC(=O)Nc1ccc(C(=O)OC)cc1. The van der Waals surface area contributed by atoms with E-state index in [9.17, 15) is 9.59 Å². The maximum absolute atomic E-state index is 12.4. The Morgan fingerprint density at radius 3 is 2.52 bits per heavy atom. The molecule has 0 aliphatic rings. The lowest BCUT2D eigenvalue weighted by atomic mass is 10.2. The van der Waals surface area contributed by atoms with Crippen molar-refractivity contribution in [1.29, 1.82) is 0 Å². The molecule has 0 aliphatic heterocycles. The highest BCUT2D eigenvalue weighted by Gasteiger charge is 2.14. The number of rotatable bonds is 11. The van der Waals surface area contributed by atoms with Gasteiger partial charge >= 0.3 is 5.97 Å². The predicted molar refractivity (Wildman–Crippen MR) is 134 cm³/mol. The van der Waals surface area contributed by atoms with Crippen LogP contribution in [0.3, 0.4) is 0 Å². The molecule has 1 aromatic heterocycles. The number of hydrogen-bond donors (Lipinski definition) is 1. The Morgan fingerprint density at radius 1 is 1.12 bits per heavy atom. The number of amides is 1. The fraction of sp³-hybridized carbons (Fsp3) is 0.217. The van der Waals surface area contributed by atoms with Crippen molar-refractivity contribution in [2.45, 2.75) is 23.2 Å². The van der Waals surface area contributed by atoms with E-state index < -0.39 is 5.97 Å². The number of hydrogen-bond acceptors (Lipinski definition) is 7. The van der Waals surface area contributed by atoms with Crippen LogP contribution in [0.2, 0.25) is 5.02 Å². The second kappa shape index (κ2) is 12.5. The first kappa shape index (κ1) is 24.9. The van der Waals surface area contributed by atoms with E-state index >= 15 is 0 Å². The van der Waals surface area contributed by atoms with Crippen molar-refractivity contribution in [2.24, 2.45) is 0 Å². The molecule has 10 heteroatoms. The first-order valence-electron chi connectivity index (χ1n) is 9.96. The van der Waals surface area contributed by atoms with Gasteiger partial charge in [-0.2, -0.15) is 0 Å². The van der Waals surface area contributed by atoms with Crippen molar-refractivity contribution in [3.05, 3.63) is 83.2 Å². The molecule has 172 valence electrons. The molecule has 0 bridgehead atoms. The molecule has 0 saturated carbocycles. The number of thioether (sulfide) groups is 2. The molecule has 1 amide bonds. The number of carbonyl (C=O) groups is 2. The van der Waals surface area contributed by atoms with Gasteiger partial charge in [0, 0.05) is 23.0 Å². The number of aromatic nitrogens is 3. The standard InChI is InChI=1S/C23H23ClN4O3S2/c1-3-12-28-20(14-32-13-16-4-8-18(24)9-5-16)26-27-23(28)33-15-21(29)25-19-10-6-17(7-11-19)22(30)31-2/h3-11H,1,12-15H2,2H3,(H,25,29). The number of anilines is 1. The number of benzene rings is 2. The highest BCUT2D eigenvalue weighted by molar-refractivity contribution is 7.99. The number of methoxy groups -OCH3 is 1. The van der Waals surface area contributed by atoms with Crippen LogP contribution >= 0.6 is 35.1 Å². The summed E-state index contributed by atoms with van der Waals surface area (Å²) in [6, 6.07) is 14.3. The van der Waals surface area contributed by atoms with Crippen LogP contribution in [0.25, 0.3) is 0 Å². The van der Waals surface area contributed by atoms with E-state index in [4.69, 9.17) is 11.6 Å². The van der Waals surface area contributed by atoms with Crippen LogP contribution in [0, 0.1) is 0 Å². The molecule has 0 fully saturated rings. The van der Waals surface area contributed by atoms with Crippen molar-refractivity contribution in [2.75, 3.05) is 18.2 Å². The number of esters is 1. The molecule has 33 heavy (non-hydrogen) atoms. The monoisotopic (exact) mass is 502 g/mol. The molecule has 0 spiro atoms. The van der Waals surface area contributed by atoms with Gasteiger partial charge in [0.05, 0.1) is 24.2 Å². The van der Waals surface area contributed by atoms with Crippen LogP contribution in [0.15, 0.2) is 66.3 Å². The van der Waals surface area contributed by atoms with Gasteiger partial charge in [0.2, 0.25) is 5.91 Å². The molecule has 0 radical (unpaired) electrons. The first-order chi connectivity index (χ1) is 16.0. The van der Waals surface area contributed by atoms with Crippen LogP contribution in [0.5, 0.6) is 0 Å². The van der Waals surface area contributed by atoms with Gasteiger partial charge < -0.3 is 14.6 Å². The van der Waals surface area contributed by atoms with Gasteiger partial charge in [0.1, 0.15) is 5.82 Å². The largest absolute Gasteiger partial charge is 0.465 e.